The lowest BCUT2D eigenvalue weighted by atomic mass is 10.1. The predicted molar refractivity (Wildman–Crippen MR) is 75.6 cm³/mol. The van der Waals surface area contributed by atoms with E-state index in [9.17, 15) is 9.90 Å². The molecule has 2 aromatic carbocycles. The van der Waals surface area contributed by atoms with Crippen molar-refractivity contribution in [3.05, 3.63) is 48.0 Å². The number of ether oxygens (including phenoxy) is 2. The second-order valence-electron chi connectivity index (χ2n) is 4.04. The molecule has 2 rings (SSSR count). The largest absolute Gasteiger partial charge is 0.508 e. The van der Waals surface area contributed by atoms with Gasteiger partial charge in [-0.2, -0.15) is 0 Å². The van der Waals surface area contributed by atoms with Gasteiger partial charge in [0, 0.05) is 11.8 Å². The Morgan fingerprint density at radius 1 is 1.05 bits per heavy atom. The molecule has 0 radical (unpaired) electrons. The zero-order chi connectivity index (χ0) is 14.5. The maximum Gasteiger partial charge on any atom is 0.263 e. The van der Waals surface area contributed by atoms with Gasteiger partial charge in [0.15, 0.2) is 0 Å². The summed E-state index contributed by atoms with van der Waals surface area (Å²) in [5, 5.41) is 12.1. The molecule has 0 bridgehead atoms. The molecule has 0 aromatic heterocycles. The summed E-state index contributed by atoms with van der Waals surface area (Å²) < 4.78 is 10.4. The molecule has 1 amide bonds. The van der Waals surface area contributed by atoms with E-state index in [1.807, 2.05) is 0 Å². The molecule has 104 valence electrons. The lowest BCUT2D eigenvalue weighted by Crippen LogP contribution is -2.14. The third kappa shape index (κ3) is 2.83. The van der Waals surface area contributed by atoms with E-state index in [0.717, 1.165) is 0 Å². The van der Waals surface area contributed by atoms with Crippen LogP contribution in [0.5, 0.6) is 17.2 Å². The summed E-state index contributed by atoms with van der Waals surface area (Å²) in [6, 6.07) is 11.4. The van der Waals surface area contributed by atoms with E-state index < -0.39 is 0 Å². The highest BCUT2D eigenvalue weighted by atomic mass is 16.5. The summed E-state index contributed by atoms with van der Waals surface area (Å²) in [5.74, 6) is 0.545. The van der Waals surface area contributed by atoms with Crippen molar-refractivity contribution in [1.29, 1.82) is 0 Å². The zero-order valence-corrected chi connectivity index (χ0v) is 11.2. The molecule has 0 saturated heterocycles. The first-order valence-corrected chi connectivity index (χ1v) is 5.97. The zero-order valence-electron chi connectivity index (χ0n) is 11.2. The standard InChI is InChI=1S/C15H15NO4/c1-19-12-7-4-8-13(20-2)14(12)15(18)16-10-5-3-6-11(17)9-10/h3-9,17H,1-2H3,(H,16,18). The second kappa shape index (κ2) is 5.97. The molecule has 0 fully saturated rings. The van der Waals surface area contributed by atoms with Crippen molar-refractivity contribution in [3.8, 4) is 17.2 Å². The van der Waals surface area contributed by atoms with Crippen molar-refractivity contribution in [1.82, 2.24) is 0 Å². The number of amides is 1. The van der Waals surface area contributed by atoms with Crippen molar-refractivity contribution in [2.75, 3.05) is 19.5 Å². The fraction of sp³-hybridized carbons (Fsp3) is 0.133. The number of methoxy groups -OCH3 is 2. The van der Waals surface area contributed by atoms with Crippen LogP contribution in [-0.2, 0) is 0 Å². The number of nitrogens with one attached hydrogen (secondary N) is 1. The molecule has 5 heteroatoms. The summed E-state index contributed by atoms with van der Waals surface area (Å²) in [6.45, 7) is 0. The number of hydrogen-bond donors (Lipinski definition) is 2. The van der Waals surface area contributed by atoms with E-state index in [0.29, 0.717) is 22.7 Å². The topological polar surface area (TPSA) is 67.8 Å². The Bertz CT molecular complexity index is 603. The Balaban J connectivity index is 2.33. The van der Waals surface area contributed by atoms with Crippen LogP contribution in [0.3, 0.4) is 0 Å². The predicted octanol–water partition coefficient (Wildman–Crippen LogP) is 2.66. The molecular formula is C15H15NO4. The minimum Gasteiger partial charge on any atom is -0.508 e. The molecule has 5 nitrogen and oxygen atoms in total. The summed E-state index contributed by atoms with van der Waals surface area (Å²) in [6.07, 6.45) is 0. The Kier molecular flexibility index (Phi) is 4.10. The third-order valence-corrected chi connectivity index (χ3v) is 2.76. The van der Waals surface area contributed by atoms with Gasteiger partial charge < -0.3 is 19.9 Å². The van der Waals surface area contributed by atoms with E-state index in [2.05, 4.69) is 5.32 Å². The highest BCUT2D eigenvalue weighted by Crippen LogP contribution is 2.29. The third-order valence-electron chi connectivity index (χ3n) is 2.76. The molecule has 0 saturated carbocycles. The smallest absolute Gasteiger partial charge is 0.263 e. The van der Waals surface area contributed by atoms with Crippen LogP contribution in [0.15, 0.2) is 42.5 Å². The Labute approximate surface area is 116 Å². The lowest BCUT2D eigenvalue weighted by molar-refractivity contribution is 0.102. The van der Waals surface area contributed by atoms with Crippen molar-refractivity contribution in [2.24, 2.45) is 0 Å². The van der Waals surface area contributed by atoms with Gasteiger partial charge in [0.05, 0.1) is 14.2 Å². The highest BCUT2D eigenvalue weighted by molar-refractivity contribution is 6.08. The van der Waals surface area contributed by atoms with E-state index in [1.165, 1.54) is 26.4 Å². The first kappa shape index (κ1) is 13.7. The normalized spacial score (nSPS) is 9.90. The van der Waals surface area contributed by atoms with Crippen LogP contribution in [0.25, 0.3) is 0 Å². The van der Waals surface area contributed by atoms with E-state index in [-0.39, 0.29) is 11.7 Å². The number of phenolic OH excluding ortho intramolecular Hbond substituents is 1. The highest BCUT2D eigenvalue weighted by Gasteiger charge is 2.18. The molecule has 0 aliphatic carbocycles. The number of benzene rings is 2. The lowest BCUT2D eigenvalue weighted by Gasteiger charge is -2.13. The van der Waals surface area contributed by atoms with Crippen LogP contribution >= 0.6 is 0 Å². The number of aromatic hydroxyl groups is 1. The molecule has 0 spiro atoms. The second-order valence-corrected chi connectivity index (χ2v) is 4.04. The van der Waals surface area contributed by atoms with Crippen LogP contribution in [0.1, 0.15) is 10.4 Å². The minimum atomic E-state index is -0.370. The maximum atomic E-state index is 12.3. The number of phenols is 1. The maximum absolute atomic E-state index is 12.3. The van der Waals surface area contributed by atoms with Crippen molar-refractivity contribution < 1.29 is 19.4 Å². The minimum absolute atomic E-state index is 0.0785. The number of carbonyl (C=O) groups is 1. The Hall–Kier alpha value is -2.69. The van der Waals surface area contributed by atoms with Gasteiger partial charge in [-0.25, -0.2) is 0 Å². The Morgan fingerprint density at radius 2 is 1.65 bits per heavy atom. The van der Waals surface area contributed by atoms with Gasteiger partial charge in [-0.1, -0.05) is 12.1 Å². The summed E-state index contributed by atoms with van der Waals surface area (Å²) in [7, 11) is 2.97. The number of hydrogen-bond acceptors (Lipinski definition) is 4. The fourth-order valence-corrected chi connectivity index (χ4v) is 1.85. The molecule has 0 aliphatic rings. The first-order valence-electron chi connectivity index (χ1n) is 5.97. The SMILES string of the molecule is COc1cccc(OC)c1C(=O)Nc1cccc(O)c1. The fourth-order valence-electron chi connectivity index (χ4n) is 1.85. The van der Waals surface area contributed by atoms with Crippen LogP contribution in [0, 0.1) is 0 Å². The molecule has 0 aliphatic heterocycles. The average Bonchev–Trinajstić information content (AvgIpc) is 2.46. The number of anilines is 1. The molecule has 2 N–H and O–H groups in total. The van der Waals surface area contributed by atoms with E-state index >= 15 is 0 Å². The molecule has 0 unspecified atom stereocenters. The van der Waals surface area contributed by atoms with Crippen LogP contribution < -0.4 is 14.8 Å². The first-order chi connectivity index (χ1) is 9.65. The van der Waals surface area contributed by atoms with Crippen molar-refractivity contribution >= 4 is 11.6 Å². The quantitative estimate of drug-likeness (QED) is 0.898. The van der Waals surface area contributed by atoms with E-state index in [4.69, 9.17) is 9.47 Å². The van der Waals surface area contributed by atoms with Crippen molar-refractivity contribution in [2.45, 2.75) is 0 Å². The van der Waals surface area contributed by atoms with Gasteiger partial charge >= 0.3 is 0 Å². The summed E-state index contributed by atoms with van der Waals surface area (Å²) >= 11 is 0. The van der Waals surface area contributed by atoms with Crippen LogP contribution in [0.2, 0.25) is 0 Å². The molecule has 20 heavy (non-hydrogen) atoms. The van der Waals surface area contributed by atoms with Gasteiger partial charge in [-0.05, 0) is 24.3 Å². The number of rotatable bonds is 4. The van der Waals surface area contributed by atoms with Crippen molar-refractivity contribution in [3.63, 3.8) is 0 Å². The average molecular weight is 273 g/mol. The summed E-state index contributed by atoms with van der Waals surface area (Å²) in [4.78, 5) is 12.3. The van der Waals surface area contributed by atoms with Gasteiger partial charge in [0.25, 0.3) is 5.91 Å². The molecule has 0 atom stereocenters. The Morgan fingerprint density at radius 3 is 2.20 bits per heavy atom. The van der Waals surface area contributed by atoms with Crippen LogP contribution in [-0.4, -0.2) is 25.2 Å². The molecule has 2 aromatic rings. The van der Waals surface area contributed by atoms with Crippen LogP contribution in [0.4, 0.5) is 5.69 Å². The van der Waals surface area contributed by atoms with E-state index in [1.54, 1.807) is 30.3 Å². The van der Waals surface area contributed by atoms with Gasteiger partial charge in [0.2, 0.25) is 0 Å². The molecular weight excluding hydrogens is 258 g/mol. The van der Waals surface area contributed by atoms with Gasteiger partial charge in [0.1, 0.15) is 22.8 Å². The van der Waals surface area contributed by atoms with Gasteiger partial charge in [-0.15, -0.1) is 0 Å². The summed E-state index contributed by atoms with van der Waals surface area (Å²) in [5.41, 5.74) is 0.795. The molecule has 0 heterocycles. The van der Waals surface area contributed by atoms with Gasteiger partial charge in [-0.3, -0.25) is 4.79 Å². The monoisotopic (exact) mass is 273 g/mol. The number of carbonyl (C=O) groups excluding carboxylic acids is 1.